The van der Waals surface area contributed by atoms with Crippen LogP contribution in [0.1, 0.15) is 52.4 Å². The van der Waals surface area contributed by atoms with E-state index in [2.05, 4.69) is 13.8 Å². The van der Waals surface area contributed by atoms with Gasteiger partial charge in [-0.15, -0.1) is 0 Å². The van der Waals surface area contributed by atoms with Gasteiger partial charge in [0, 0.05) is 6.61 Å². The van der Waals surface area contributed by atoms with E-state index in [0.717, 1.165) is 18.9 Å². The van der Waals surface area contributed by atoms with E-state index < -0.39 is 0 Å². The molecule has 0 amide bonds. The van der Waals surface area contributed by atoms with Crippen molar-refractivity contribution in [1.82, 2.24) is 0 Å². The summed E-state index contributed by atoms with van der Waals surface area (Å²) in [6.45, 7) is 8.28. The van der Waals surface area contributed by atoms with Crippen LogP contribution >= 0.6 is 0 Å². The molecule has 0 fully saturated rings. The fourth-order valence-corrected chi connectivity index (χ4v) is 2.00. The highest BCUT2D eigenvalue weighted by Crippen LogP contribution is 2.14. The third-order valence-corrected chi connectivity index (χ3v) is 3.27. The average Bonchev–Trinajstić information content (AvgIpc) is 2.46. The van der Waals surface area contributed by atoms with E-state index in [1.165, 1.54) is 32.1 Å². The molecule has 0 heterocycles. The maximum atomic E-state index is 8.50. The second-order valence-electron chi connectivity index (χ2n) is 5.30. The van der Waals surface area contributed by atoms with Gasteiger partial charge in [-0.2, -0.15) is 0 Å². The van der Waals surface area contributed by atoms with Crippen molar-refractivity contribution < 1.29 is 19.3 Å². The zero-order valence-electron chi connectivity index (χ0n) is 13.4. The Morgan fingerprint density at radius 1 is 0.750 bits per heavy atom. The van der Waals surface area contributed by atoms with Crippen molar-refractivity contribution in [2.75, 3.05) is 46.2 Å². The van der Waals surface area contributed by atoms with Gasteiger partial charge in [0.25, 0.3) is 0 Å². The Morgan fingerprint density at radius 2 is 1.30 bits per heavy atom. The van der Waals surface area contributed by atoms with Crippen LogP contribution in [0.25, 0.3) is 0 Å². The van der Waals surface area contributed by atoms with Crippen molar-refractivity contribution in [3.05, 3.63) is 0 Å². The molecule has 122 valence electrons. The fourth-order valence-electron chi connectivity index (χ4n) is 2.00. The van der Waals surface area contributed by atoms with E-state index in [4.69, 9.17) is 19.3 Å². The van der Waals surface area contributed by atoms with Gasteiger partial charge < -0.3 is 19.3 Å². The first kappa shape index (κ1) is 19.8. The van der Waals surface area contributed by atoms with Crippen molar-refractivity contribution in [2.45, 2.75) is 52.4 Å². The predicted molar refractivity (Wildman–Crippen MR) is 82.1 cm³/mol. The van der Waals surface area contributed by atoms with Crippen LogP contribution in [-0.4, -0.2) is 51.4 Å². The summed E-state index contributed by atoms with van der Waals surface area (Å²) in [5, 5.41) is 8.50. The first-order valence-electron chi connectivity index (χ1n) is 8.15. The lowest BCUT2D eigenvalue weighted by Crippen LogP contribution is -2.11. The predicted octanol–water partition coefficient (Wildman–Crippen LogP) is 3.03. The Morgan fingerprint density at radius 3 is 1.90 bits per heavy atom. The van der Waals surface area contributed by atoms with Gasteiger partial charge in [0.05, 0.1) is 39.6 Å². The number of hydrogen-bond donors (Lipinski definition) is 1. The summed E-state index contributed by atoms with van der Waals surface area (Å²) in [6.07, 6.45) is 7.76. The molecule has 0 aromatic heterocycles. The van der Waals surface area contributed by atoms with E-state index in [1.807, 2.05) is 0 Å². The molecule has 1 unspecified atom stereocenters. The molecule has 0 saturated heterocycles. The maximum Gasteiger partial charge on any atom is 0.0701 e. The van der Waals surface area contributed by atoms with E-state index in [1.54, 1.807) is 0 Å². The SMILES string of the molecule is CCCCC(C)CCCCOCCOCCOCCO. The quantitative estimate of drug-likeness (QED) is 0.444. The van der Waals surface area contributed by atoms with Crippen molar-refractivity contribution >= 4 is 0 Å². The number of ether oxygens (including phenoxy) is 3. The molecule has 4 nitrogen and oxygen atoms in total. The Hall–Kier alpha value is -0.160. The van der Waals surface area contributed by atoms with E-state index >= 15 is 0 Å². The summed E-state index contributed by atoms with van der Waals surface area (Å²) >= 11 is 0. The molecular weight excluding hydrogens is 256 g/mol. The van der Waals surface area contributed by atoms with Gasteiger partial charge in [-0.25, -0.2) is 0 Å². The van der Waals surface area contributed by atoms with E-state index in [0.29, 0.717) is 33.0 Å². The van der Waals surface area contributed by atoms with Crippen LogP contribution in [-0.2, 0) is 14.2 Å². The van der Waals surface area contributed by atoms with Gasteiger partial charge >= 0.3 is 0 Å². The molecule has 1 N–H and O–H groups in total. The number of hydrogen-bond acceptors (Lipinski definition) is 4. The third-order valence-electron chi connectivity index (χ3n) is 3.27. The zero-order valence-corrected chi connectivity index (χ0v) is 13.4. The van der Waals surface area contributed by atoms with Crippen LogP contribution in [0.15, 0.2) is 0 Å². The summed E-state index contributed by atoms with van der Waals surface area (Å²) in [4.78, 5) is 0. The van der Waals surface area contributed by atoms with Crippen molar-refractivity contribution in [2.24, 2.45) is 5.92 Å². The summed E-state index contributed by atoms with van der Waals surface area (Å²) < 4.78 is 15.9. The molecule has 1 atom stereocenters. The van der Waals surface area contributed by atoms with Gasteiger partial charge in [0.2, 0.25) is 0 Å². The standard InChI is InChI=1S/C16H34O4/c1-3-4-7-16(2)8-5-6-10-18-12-14-20-15-13-19-11-9-17/h16-17H,3-15H2,1-2H3. The molecule has 0 saturated carbocycles. The van der Waals surface area contributed by atoms with Crippen LogP contribution in [0.3, 0.4) is 0 Å². The highest BCUT2D eigenvalue weighted by Gasteiger charge is 2.00. The Bertz CT molecular complexity index is 176. The topological polar surface area (TPSA) is 47.9 Å². The highest BCUT2D eigenvalue weighted by atomic mass is 16.5. The molecule has 0 aromatic carbocycles. The molecule has 0 aromatic rings. The third kappa shape index (κ3) is 15.9. The van der Waals surface area contributed by atoms with Crippen LogP contribution in [0.2, 0.25) is 0 Å². The summed E-state index contributed by atoms with van der Waals surface area (Å²) in [6, 6.07) is 0. The lowest BCUT2D eigenvalue weighted by molar-refractivity contribution is 0.00712. The average molecular weight is 290 g/mol. The van der Waals surface area contributed by atoms with Crippen LogP contribution in [0, 0.1) is 5.92 Å². The molecule has 0 bridgehead atoms. The summed E-state index contributed by atoms with van der Waals surface area (Å²) in [5.74, 6) is 0.859. The minimum Gasteiger partial charge on any atom is -0.394 e. The van der Waals surface area contributed by atoms with Gasteiger partial charge in [0.15, 0.2) is 0 Å². The molecule has 0 rings (SSSR count). The lowest BCUT2D eigenvalue weighted by Gasteiger charge is -2.10. The first-order chi connectivity index (χ1) is 9.81. The second kappa shape index (κ2) is 16.9. The van der Waals surface area contributed by atoms with Gasteiger partial charge in [-0.1, -0.05) is 46.0 Å². The Balaban J connectivity index is 3.02. The van der Waals surface area contributed by atoms with Crippen molar-refractivity contribution in [3.8, 4) is 0 Å². The van der Waals surface area contributed by atoms with Crippen molar-refractivity contribution in [1.29, 1.82) is 0 Å². The molecule has 0 radical (unpaired) electrons. The van der Waals surface area contributed by atoms with Crippen molar-refractivity contribution in [3.63, 3.8) is 0 Å². The van der Waals surface area contributed by atoms with Gasteiger partial charge in [-0.3, -0.25) is 0 Å². The molecular formula is C16H34O4. The molecule has 0 spiro atoms. The van der Waals surface area contributed by atoms with Crippen LogP contribution < -0.4 is 0 Å². The Kier molecular flexibility index (Phi) is 16.8. The van der Waals surface area contributed by atoms with E-state index in [9.17, 15) is 0 Å². The van der Waals surface area contributed by atoms with Gasteiger partial charge in [0.1, 0.15) is 0 Å². The van der Waals surface area contributed by atoms with Crippen LogP contribution in [0.4, 0.5) is 0 Å². The number of aliphatic hydroxyl groups excluding tert-OH is 1. The minimum absolute atomic E-state index is 0.0696. The summed E-state index contributed by atoms with van der Waals surface area (Å²) in [7, 11) is 0. The molecule has 20 heavy (non-hydrogen) atoms. The number of rotatable bonds is 16. The maximum absolute atomic E-state index is 8.50. The highest BCUT2D eigenvalue weighted by molar-refractivity contribution is 4.53. The van der Waals surface area contributed by atoms with E-state index in [-0.39, 0.29) is 6.61 Å². The molecule has 4 heteroatoms. The monoisotopic (exact) mass is 290 g/mol. The lowest BCUT2D eigenvalue weighted by atomic mass is 9.98. The normalized spacial score (nSPS) is 12.8. The summed E-state index contributed by atoms with van der Waals surface area (Å²) in [5.41, 5.74) is 0. The molecule has 0 aliphatic carbocycles. The number of unbranched alkanes of at least 4 members (excludes halogenated alkanes) is 2. The fraction of sp³-hybridized carbons (Fsp3) is 1.00. The van der Waals surface area contributed by atoms with Gasteiger partial charge in [-0.05, 0) is 12.3 Å². The second-order valence-corrected chi connectivity index (χ2v) is 5.30. The largest absolute Gasteiger partial charge is 0.394 e. The number of aliphatic hydroxyl groups is 1. The first-order valence-corrected chi connectivity index (χ1v) is 8.15. The molecule has 0 aliphatic heterocycles. The molecule has 0 aliphatic rings. The Labute approximate surface area is 124 Å². The minimum atomic E-state index is 0.0696. The zero-order chi connectivity index (χ0) is 14.9. The smallest absolute Gasteiger partial charge is 0.0701 e. The van der Waals surface area contributed by atoms with Crippen LogP contribution in [0.5, 0.6) is 0 Å².